The summed E-state index contributed by atoms with van der Waals surface area (Å²) in [5, 5.41) is 10.8. The fourth-order valence-corrected chi connectivity index (χ4v) is 3.99. The van der Waals surface area contributed by atoms with Crippen LogP contribution in [-0.2, 0) is 6.42 Å². The molecule has 2 aliphatic heterocycles. The molecule has 0 saturated carbocycles. The molecule has 2 aromatic carbocycles. The van der Waals surface area contributed by atoms with Crippen LogP contribution in [0.4, 0.5) is 4.39 Å². The third-order valence-corrected chi connectivity index (χ3v) is 5.21. The van der Waals surface area contributed by atoms with Crippen molar-refractivity contribution in [3.05, 3.63) is 71.4 Å². The van der Waals surface area contributed by atoms with Crippen LogP contribution in [0.25, 0.3) is 11.3 Å². The Hall–Kier alpha value is -2.66. The minimum absolute atomic E-state index is 0.0485. The van der Waals surface area contributed by atoms with E-state index in [2.05, 4.69) is 21.7 Å². The SMILES string of the molecule is O[C@@H](C[C@@H]1c2ccccc2-c2cncn21)c1cc2c(cc1F)OCC2. The highest BCUT2D eigenvalue weighted by molar-refractivity contribution is 5.68. The van der Waals surface area contributed by atoms with Crippen LogP contribution in [0.1, 0.15) is 35.3 Å². The molecular weight excluding hydrogens is 319 g/mol. The van der Waals surface area contributed by atoms with Crippen molar-refractivity contribution in [1.82, 2.24) is 9.55 Å². The van der Waals surface area contributed by atoms with Crippen molar-refractivity contribution < 1.29 is 14.2 Å². The second-order valence-electron chi connectivity index (χ2n) is 6.62. The Morgan fingerprint density at radius 2 is 2.20 bits per heavy atom. The average Bonchev–Trinajstić information content (AvgIpc) is 3.31. The lowest BCUT2D eigenvalue weighted by Gasteiger charge is -2.20. The maximum atomic E-state index is 14.4. The van der Waals surface area contributed by atoms with E-state index < -0.39 is 11.9 Å². The molecule has 0 bridgehead atoms. The van der Waals surface area contributed by atoms with Gasteiger partial charge in [-0.2, -0.15) is 0 Å². The summed E-state index contributed by atoms with van der Waals surface area (Å²) in [6, 6.07) is 11.2. The minimum atomic E-state index is -0.891. The van der Waals surface area contributed by atoms with Gasteiger partial charge in [-0.15, -0.1) is 0 Å². The molecule has 0 spiro atoms. The van der Waals surface area contributed by atoms with Gasteiger partial charge in [0.2, 0.25) is 0 Å². The Balaban J connectivity index is 1.50. The number of nitrogens with zero attached hydrogens (tertiary/aromatic N) is 2. The summed E-state index contributed by atoms with van der Waals surface area (Å²) < 4.78 is 21.9. The van der Waals surface area contributed by atoms with Crippen LogP contribution in [0.15, 0.2) is 48.9 Å². The molecule has 0 fully saturated rings. The van der Waals surface area contributed by atoms with Crippen LogP contribution in [0.2, 0.25) is 0 Å². The van der Waals surface area contributed by atoms with Crippen LogP contribution in [0.5, 0.6) is 5.75 Å². The fourth-order valence-electron chi connectivity index (χ4n) is 3.99. The summed E-state index contributed by atoms with van der Waals surface area (Å²) in [4.78, 5) is 4.23. The highest BCUT2D eigenvalue weighted by Gasteiger charge is 2.31. The predicted octanol–water partition coefficient (Wildman–Crippen LogP) is 3.65. The van der Waals surface area contributed by atoms with Crippen LogP contribution in [0, 0.1) is 5.82 Å². The first-order valence-corrected chi connectivity index (χ1v) is 8.46. The van der Waals surface area contributed by atoms with Gasteiger partial charge in [0.25, 0.3) is 0 Å². The maximum Gasteiger partial charge on any atom is 0.132 e. The van der Waals surface area contributed by atoms with Gasteiger partial charge in [-0.1, -0.05) is 24.3 Å². The number of fused-ring (bicyclic) bond motifs is 4. The van der Waals surface area contributed by atoms with Gasteiger partial charge < -0.3 is 14.4 Å². The van der Waals surface area contributed by atoms with E-state index in [1.165, 1.54) is 6.07 Å². The second kappa shape index (κ2) is 5.43. The van der Waals surface area contributed by atoms with E-state index in [-0.39, 0.29) is 6.04 Å². The number of benzene rings is 2. The lowest BCUT2D eigenvalue weighted by Crippen LogP contribution is -2.11. The summed E-state index contributed by atoms with van der Waals surface area (Å²) in [5.74, 6) is 0.182. The molecule has 1 aromatic heterocycles. The molecule has 0 radical (unpaired) electrons. The maximum absolute atomic E-state index is 14.4. The first-order chi connectivity index (χ1) is 12.2. The smallest absolute Gasteiger partial charge is 0.132 e. The van der Waals surface area contributed by atoms with Crippen molar-refractivity contribution in [2.24, 2.45) is 0 Å². The molecule has 0 saturated heterocycles. The standard InChI is InChI=1S/C20H17FN2O2/c21-16-8-20-12(5-6-25-20)7-15(16)19(24)9-17-13-3-1-2-4-14(13)18-10-22-11-23(17)18/h1-4,7-8,10-11,17,19,24H,5-6,9H2/t17-,19+/m1/s1. The molecular formula is C20H17FN2O2. The van der Waals surface area contributed by atoms with E-state index in [1.54, 1.807) is 12.4 Å². The summed E-state index contributed by atoms with van der Waals surface area (Å²) in [7, 11) is 0. The van der Waals surface area contributed by atoms with Crippen molar-refractivity contribution >= 4 is 0 Å². The van der Waals surface area contributed by atoms with E-state index in [0.29, 0.717) is 24.3 Å². The van der Waals surface area contributed by atoms with Crippen LogP contribution in [0.3, 0.4) is 0 Å². The van der Waals surface area contributed by atoms with Gasteiger partial charge in [-0.25, -0.2) is 9.37 Å². The van der Waals surface area contributed by atoms with Gasteiger partial charge in [0.1, 0.15) is 11.6 Å². The third kappa shape index (κ3) is 2.19. The topological polar surface area (TPSA) is 47.3 Å². The Morgan fingerprint density at radius 3 is 3.12 bits per heavy atom. The number of halogens is 1. The Labute approximate surface area is 144 Å². The number of hydrogen-bond acceptors (Lipinski definition) is 3. The van der Waals surface area contributed by atoms with Gasteiger partial charge in [-0.3, -0.25) is 0 Å². The number of imidazole rings is 1. The minimum Gasteiger partial charge on any atom is -0.493 e. The average molecular weight is 336 g/mol. The number of aromatic nitrogens is 2. The number of ether oxygens (including phenoxy) is 1. The van der Waals surface area contributed by atoms with Crippen LogP contribution < -0.4 is 4.74 Å². The Bertz CT molecular complexity index is 966. The van der Waals surface area contributed by atoms with Gasteiger partial charge in [0.05, 0.1) is 37.0 Å². The molecule has 2 aliphatic rings. The second-order valence-corrected chi connectivity index (χ2v) is 6.62. The largest absolute Gasteiger partial charge is 0.493 e. The molecule has 25 heavy (non-hydrogen) atoms. The summed E-state index contributed by atoms with van der Waals surface area (Å²) in [6.45, 7) is 0.572. The van der Waals surface area contributed by atoms with Crippen LogP contribution in [-0.4, -0.2) is 21.3 Å². The molecule has 0 unspecified atom stereocenters. The fraction of sp³-hybridized carbons (Fsp3) is 0.250. The van der Waals surface area contributed by atoms with Crippen molar-refractivity contribution in [2.75, 3.05) is 6.61 Å². The van der Waals surface area contributed by atoms with Gasteiger partial charge >= 0.3 is 0 Å². The first kappa shape index (κ1) is 14.7. The third-order valence-electron chi connectivity index (χ3n) is 5.21. The lowest BCUT2D eigenvalue weighted by atomic mass is 9.94. The Kier molecular flexibility index (Phi) is 3.18. The molecule has 3 aromatic rings. The zero-order chi connectivity index (χ0) is 17.0. The molecule has 5 heteroatoms. The van der Waals surface area contributed by atoms with E-state index in [0.717, 1.165) is 28.8 Å². The zero-order valence-electron chi connectivity index (χ0n) is 13.5. The highest BCUT2D eigenvalue weighted by Crippen LogP contribution is 2.43. The van der Waals surface area contributed by atoms with Gasteiger partial charge in [-0.05, 0) is 17.2 Å². The molecule has 0 amide bonds. The Morgan fingerprint density at radius 1 is 1.32 bits per heavy atom. The van der Waals surface area contributed by atoms with Gasteiger partial charge in [0.15, 0.2) is 0 Å². The molecule has 3 heterocycles. The van der Waals surface area contributed by atoms with Crippen molar-refractivity contribution in [3.8, 4) is 17.0 Å². The highest BCUT2D eigenvalue weighted by atomic mass is 19.1. The van der Waals surface area contributed by atoms with Crippen molar-refractivity contribution in [3.63, 3.8) is 0 Å². The van der Waals surface area contributed by atoms with Crippen molar-refractivity contribution in [2.45, 2.75) is 25.0 Å². The normalized spacial score (nSPS) is 18.4. The molecule has 126 valence electrons. The zero-order valence-corrected chi connectivity index (χ0v) is 13.5. The van der Waals surface area contributed by atoms with E-state index in [4.69, 9.17) is 4.74 Å². The van der Waals surface area contributed by atoms with E-state index in [9.17, 15) is 9.50 Å². The number of hydrogen-bond donors (Lipinski definition) is 1. The summed E-state index contributed by atoms with van der Waals surface area (Å²) >= 11 is 0. The van der Waals surface area contributed by atoms with E-state index in [1.807, 2.05) is 18.3 Å². The molecule has 5 rings (SSSR count). The lowest BCUT2D eigenvalue weighted by molar-refractivity contribution is 0.149. The number of aliphatic hydroxyl groups is 1. The van der Waals surface area contributed by atoms with Crippen LogP contribution >= 0.6 is 0 Å². The summed E-state index contributed by atoms with van der Waals surface area (Å²) in [5.41, 5.74) is 4.61. The van der Waals surface area contributed by atoms with E-state index >= 15 is 0 Å². The number of rotatable bonds is 3. The first-order valence-electron chi connectivity index (χ1n) is 8.46. The molecule has 4 nitrogen and oxygen atoms in total. The molecule has 2 atom stereocenters. The van der Waals surface area contributed by atoms with Gasteiger partial charge in [0, 0.05) is 30.0 Å². The predicted molar refractivity (Wildman–Crippen MR) is 91.0 cm³/mol. The monoisotopic (exact) mass is 336 g/mol. The quantitative estimate of drug-likeness (QED) is 0.794. The summed E-state index contributed by atoms with van der Waals surface area (Å²) in [6.07, 6.45) is 3.87. The number of aliphatic hydroxyl groups excluding tert-OH is 1. The molecule has 1 N–H and O–H groups in total. The molecule has 0 aliphatic carbocycles. The van der Waals surface area contributed by atoms with Crippen molar-refractivity contribution in [1.29, 1.82) is 0 Å².